The van der Waals surface area contributed by atoms with E-state index in [9.17, 15) is 5.11 Å². The minimum Gasteiger partial charge on any atom is -0.383 e. The van der Waals surface area contributed by atoms with Crippen LogP contribution in [0.2, 0.25) is 0 Å². The fourth-order valence-electron chi connectivity index (χ4n) is 4.37. The summed E-state index contributed by atoms with van der Waals surface area (Å²) in [7, 11) is 0. The third-order valence-corrected chi connectivity index (χ3v) is 5.91. The maximum Gasteiger partial charge on any atom is 0.140 e. The molecule has 27 heavy (non-hydrogen) atoms. The third-order valence-electron chi connectivity index (χ3n) is 5.91. The first-order chi connectivity index (χ1) is 13.2. The van der Waals surface area contributed by atoms with Crippen LogP contribution in [0.3, 0.4) is 0 Å². The van der Waals surface area contributed by atoms with Crippen molar-refractivity contribution in [3.05, 3.63) is 48.0 Å². The Hall–Kier alpha value is -1.80. The Bertz CT molecular complexity index is 731. The van der Waals surface area contributed by atoms with Crippen molar-refractivity contribution in [2.75, 3.05) is 39.4 Å². The molecule has 1 aromatic carbocycles. The lowest BCUT2D eigenvalue weighted by Gasteiger charge is -2.50. The summed E-state index contributed by atoms with van der Waals surface area (Å²) in [5.74, 6) is 0.989. The van der Waals surface area contributed by atoms with Gasteiger partial charge in [-0.05, 0) is 18.9 Å². The second-order valence-electron chi connectivity index (χ2n) is 7.43. The van der Waals surface area contributed by atoms with Crippen LogP contribution in [-0.4, -0.2) is 75.1 Å². The second kappa shape index (κ2) is 8.06. The van der Waals surface area contributed by atoms with Crippen molar-refractivity contribution < 1.29 is 9.84 Å². The Kier molecular flexibility index (Phi) is 5.54. The van der Waals surface area contributed by atoms with E-state index in [1.54, 1.807) is 6.33 Å². The summed E-state index contributed by atoms with van der Waals surface area (Å²) in [4.78, 5) is 9.22. The summed E-state index contributed by atoms with van der Waals surface area (Å²) in [5.41, 5.74) is 0.172. The lowest BCUT2D eigenvalue weighted by Crippen LogP contribution is -2.62. The molecule has 0 saturated carbocycles. The van der Waals surface area contributed by atoms with E-state index in [1.807, 2.05) is 22.9 Å². The predicted octanol–water partition coefficient (Wildman–Crippen LogP) is 1.09. The fraction of sp³-hybridized carbons (Fsp3) is 0.600. The van der Waals surface area contributed by atoms with Crippen LogP contribution in [0.15, 0.2) is 36.7 Å². The van der Waals surface area contributed by atoms with Crippen molar-refractivity contribution in [2.24, 2.45) is 0 Å². The lowest BCUT2D eigenvalue weighted by molar-refractivity contribution is -0.120. The molecule has 0 bridgehead atoms. The van der Waals surface area contributed by atoms with Crippen molar-refractivity contribution in [3.8, 4) is 0 Å². The summed E-state index contributed by atoms with van der Waals surface area (Å²) >= 11 is 0. The molecule has 0 spiro atoms. The molecular formula is C20H29N5O2. The molecule has 2 fully saturated rings. The smallest absolute Gasteiger partial charge is 0.140 e. The van der Waals surface area contributed by atoms with Gasteiger partial charge in [0.05, 0.1) is 25.8 Å². The molecule has 7 nitrogen and oxygen atoms in total. The molecule has 2 aliphatic rings. The van der Waals surface area contributed by atoms with E-state index in [4.69, 9.17) is 4.74 Å². The second-order valence-corrected chi connectivity index (χ2v) is 7.43. The van der Waals surface area contributed by atoms with E-state index >= 15 is 0 Å². The maximum absolute atomic E-state index is 11.8. The molecular weight excluding hydrogens is 342 g/mol. The van der Waals surface area contributed by atoms with E-state index in [1.165, 1.54) is 0 Å². The highest BCUT2D eigenvalue weighted by atomic mass is 16.5. The molecule has 1 aromatic heterocycles. The average molecular weight is 371 g/mol. The molecule has 1 N–H and O–H groups in total. The first-order valence-electron chi connectivity index (χ1n) is 9.89. The number of hydrogen-bond acceptors (Lipinski definition) is 6. The Morgan fingerprint density at radius 2 is 1.96 bits per heavy atom. The number of likely N-dealkylation sites (tertiary alicyclic amines) is 1. The number of aliphatic hydroxyl groups is 1. The maximum atomic E-state index is 11.8. The Morgan fingerprint density at radius 1 is 1.19 bits per heavy atom. The van der Waals surface area contributed by atoms with Crippen LogP contribution in [0.1, 0.15) is 24.7 Å². The van der Waals surface area contributed by atoms with Crippen LogP contribution < -0.4 is 0 Å². The SMILES string of the molecule is CCn1ncnc1CN1CC[C@](O)(c2ccccc2)[C@H](N2CCOCC2)C1. The number of hydrogen-bond donors (Lipinski definition) is 1. The number of benzene rings is 1. The molecule has 7 heteroatoms. The summed E-state index contributed by atoms with van der Waals surface area (Å²) in [6.07, 6.45) is 2.34. The molecule has 0 unspecified atom stereocenters. The van der Waals surface area contributed by atoms with Gasteiger partial charge in [-0.25, -0.2) is 9.67 Å². The molecule has 2 aliphatic heterocycles. The number of aryl methyl sites for hydroxylation is 1. The Balaban J connectivity index is 1.57. The standard InChI is InChI=1S/C20H29N5O2/c1-2-25-19(21-16-22-25)15-23-9-8-20(26,17-6-4-3-5-7-17)18(14-23)24-10-12-27-13-11-24/h3-7,16,18,26H,2,8-15H2,1H3/t18-,20+/m1/s1. The van der Waals surface area contributed by atoms with Gasteiger partial charge in [-0.2, -0.15) is 5.10 Å². The van der Waals surface area contributed by atoms with Gasteiger partial charge in [-0.1, -0.05) is 30.3 Å². The van der Waals surface area contributed by atoms with E-state index in [0.717, 1.165) is 63.9 Å². The zero-order valence-electron chi connectivity index (χ0n) is 16.0. The first kappa shape index (κ1) is 18.6. The molecule has 146 valence electrons. The van der Waals surface area contributed by atoms with E-state index in [-0.39, 0.29) is 6.04 Å². The van der Waals surface area contributed by atoms with Gasteiger partial charge in [0, 0.05) is 32.7 Å². The molecule has 0 amide bonds. The highest BCUT2D eigenvalue weighted by Gasteiger charge is 2.46. The van der Waals surface area contributed by atoms with Crippen LogP contribution in [0.25, 0.3) is 0 Å². The van der Waals surface area contributed by atoms with Crippen molar-refractivity contribution >= 4 is 0 Å². The molecule has 0 aliphatic carbocycles. The fourth-order valence-corrected chi connectivity index (χ4v) is 4.37. The van der Waals surface area contributed by atoms with Crippen molar-refractivity contribution in [1.29, 1.82) is 0 Å². The lowest BCUT2D eigenvalue weighted by atomic mass is 9.79. The molecule has 0 radical (unpaired) electrons. The number of piperidine rings is 1. The number of rotatable bonds is 5. The van der Waals surface area contributed by atoms with Gasteiger partial charge in [0.2, 0.25) is 0 Å². The average Bonchev–Trinajstić information content (AvgIpc) is 3.18. The van der Waals surface area contributed by atoms with Gasteiger partial charge in [0.15, 0.2) is 0 Å². The van der Waals surface area contributed by atoms with Gasteiger partial charge in [0.1, 0.15) is 17.8 Å². The minimum absolute atomic E-state index is 0.0375. The highest BCUT2D eigenvalue weighted by Crippen LogP contribution is 2.36. The van der Waals surface area contributed by atoms with Gasteiger partial charge < -0.3 is 9.84 Å². The van der Waals surface area contributed by atoms with Crippen molar-refractivity contribution in [3.63, 3.8) is 0 Å². The van der Waals surface area contributed by atoms with Crippen molar-refractivity contribution in [1.82, 2.24) is 24.6 Å². The molecule has 2 saturated heterocycles. The first-order valence-corrected chi connectivity index (χ1v) is 9.89. The van der Waals surface area contributed by atoms with Gasteiger partial charge in [-0.15, -0.1) is 0 Å². The highest BCUT2D eigenvalue weighted by molar-refractivity contribution is 5.26. The van der Waals surface area contributed by atoms with E-state index in [0.29, 0.717) is 6.42 Å². The zero-order valence-corrected chi connectivity index (χ0v) is 16.0. The zero-order chi connectivity index (χ0) is 18.7. The number of morpholine rings is 1. The summed E-state index contributed by atoms with van der Waals surface area (Å²) < 4.78 is 7.49. The molecule has 3 heterocycles. The van der Waals surface area contributed by atoms with Gasteiger partial charge >= 0.3 is 0 Å². The van der Waals surface area contributed by atoms with E-state index < -0.39 is 5.60 Å². The Morgan fingerprint density at radius 3 is 2.70 bits per heavy atom. The summed E-state index contributed by atoms with van der Waals surface area (Å²) in [6, 6.07) is 10.2. The van der Waals surface area contributed by atoms with Crippen LogP contribution >= 0.6 is 0 Å². The van der Waals surface area contributed by atoms with Crippen molar-refractivity contribution in [2.45, 2.75) is 38.1 Å². The summed E-state index contributed by atoms with van der Waals surface area (Å²) in [6.45, 7) is 8.49. The van der Waals surface area contributed by atoms with E-state index in [2.05, 4.69) is 38.9 Å². The van der Waals surface area contributed by atoms with Crippen LogP contribution in [-0.2, 0) is 23.4 Å². The number of ether oxygens (including phenoxy) is 1. The molecule has 4 rings (SSSR count). The third kappa shape index (κ3) is 3.78. The van der Waals surface area contributed by atoms with Crippen LogP contribution in [0.5, 0.6) is 0 Å². The topological polar surface area (TPSA) is 66.7 Å². The number of nitrogens with zero attached hydrogens (tertiary/aromatic N) is 5. The van der Waals surface area contributed by atoms with Crippen LogP contribution in [0.4, 0.5) is 0 Å². The predicted molar refractivity (Wildman–Crippen MR) is 102 cm³/mol. The quantitative estimate of drug-likeness (QED) is 0.849. The van der Waals surface area contributed by atoms with Crippen LogP contribution in [0, 0.1) is 0 Å². The largest absolute Gasteiger partial charge is 0.383 e. The minimum atomic E-state index is -0.840. The molecule has 2 aromatic rings. The number of aromatic nitrogens is 3. The monoisotopic (exact) mass is 371 g/mol. The summed E-state index contributed by atoms with van der Waals surface area (Å²) in [5, 5.41) is 16.0. The van der Waals surface area contributed by atoms with Gasteiger partial charge in [-0.3, -0.25) is 9.80 Å². The Labute approximate surface area is 160 Å². The van der Waals surface area contributed by atoms with Gasteiger partial charge in [0.25, 0.3) is 0 Å². The molecule has 2 atom stereocenters. The normalized spacial score (nSPS) is 27.7.